The Morgan fingerprint density at radius 1 is 1.32 bits per heavy atom. The number of amides is 2. The van der Waals surface area contributed by atoms with Crippen LogP contribution >= 0.6 is 0 Å². The van der Waals surface area contributed by atoms with E-state index >= 15 is 0 Å². The van der Waals surface area contributed by atoms with Crippen LogP contribution in [-0.4, -0.2) is 50.1 Å². The molecule has 134 valence electrons. The predicted octanol–water partition coefficient (Wildman–Crippen LogP) is 1.85. The van der Waals surface area contributed by atoms with Crippen LogP contribution in [0.4, 0.5) is 0 Å². The maximum atomic E-state index is 12.8. The Labute approximate surface area is 147 Å². The van der Waals surface area contributed by atoms with E-state index in [1.54, 1.807) is 7.05 Å². The molecule has 0 bridgehead atoms. The maximum absolute atomic E-state index is 12.8. The van der Waals surface area contributed by atoms with E-state index in [9.17, 15) is 9.59 Å². The standard InChI is InChI=1S/C19H24N2O4/c1-3-24-16-4-5-17-14(11-16)10-15(12-25-17)19(23)21-8-6-13(7-9-21)18(22)20-2/h4-5,10-11,13H,3,6-9,12H2,1-2H3,(H,20,22). The van der Waals surface area contributed by atoms with E-state index in [0.29, 0.717) is 38.1 Å². The lowest BCUT2D eigenvalue weighted by Gasteiger charge is -2.32. The number of nitrogens with zero attached hydrogens (tertiary/aromatic N) is 1. The summed E-state index contributed by atoms with van der Waals surface area (Å²) in [5, 5.41) is 2.68. The smallest absolute Gasteiger partial charge is 0.253 e. The highest BCUT2D eigenvalue weighted by atomic mass is 16.5. The first-order valence-corrected chi connectivity index (χ1v) is 8.73. The Morgan fingerprint density at radius 2 is 2.08 bits per heavy atom. The predicted molar refractivity (Wildman–Crippen MR) is 94.5 cm³/mol. The number of benzene rings is 1. The highest BCUT2D eigenvalue weighted by Gasteiger charge is 2.29. The molecule has 2 aliphatic rings. The molecule has 0 radical (unpaired) electrons. The second kappa shape index (κ2) is 7.59. The van der Waals surface area contributed by atoms with Gasteiger partial charge in [0.05, 0.1) is 12.2 Å². The Balaban J connectivity index is 1.69. The molecule has 2 aliphatic heterocycles. The molecule has 6 heteroatoms. The molecule has 0 saturated carbocycles. The molecule has 1 aromatic rings. The summed E-state index contributed by atoms with van der Waals surface area (Å²) in [6.45, 7) is 3.99. The molecule has 2 heterocycles. The van der Waals surface area contributed by atoms with Gasteiger partial charge in [0.1, 0.15) is 18.1 Å². The topological polar surface area (TPSA) is 67.9 Å². The number of nitrogens with one attached hydrogen (secondary N) is 1. The number of carbonyl (C=O) groups excluding carboxylic acids is 2. The minimum absolute atomic E-state index is 0.000104. The molecule has 1 saturated heterocycles. The van der Waals surface area contributed by atoms with E-state index in [2.05, 4.69) is 5.32 Å². The SMILES string of the molecule is CCOc1ccc2c(c1)C=C(C(=O)N1CCC(C(=O)NC)CC1)CO2. The van der Waals surface area contributed by atoms with Crippen molar-refractivity contribution < 1.29 is 19.1 Å². The lowest BCUT2D eigenvalue weighted by Crippen LogP contribution is -2.43. The van der Waals surface area contributed by atoms with Crippen LogP contribution in [-0.2, 0) is 9.59 Å². The van der Waals surface area contributed by atoms with Gasteiger partial charge in [0.2, 0.25) is 5.91 Å². The molecule has 6 nitrogen and oxygen atoms in total. The van der Waals surface area contributed by atoms with Gasteiger partial charge in [-0.2, -0.15) is 0 Å². The minimum atomic E-state index is -0.0113. The lowest BCUT2D eigenvalue weighted by molar-refractivity contribution is -0.132. The largest absolute Gasteiger partial charge is 0.494 e. The Bertz CT molecular complexity index is 691. The van der Waals surface area contributed by atoms with Crippen LogP contribution in [0.5, 0.6) is 11.5 Å². The highest BCUT2D eigenvalue weighted by molar-refractivity contribution is 5.99. The minimum Gasteiger partial charge on any atom is -0.494 e. The van der Waals surface area contributed by atoms with Crippen molar-refractivity contribution >= 4 is 17.9 Å². The van der Waals surface area contributed by atoms with Gasteiger partial charge in [-0.25, -0.2) is 0 Å². The van der Waals surface area contributed by atoms with Gasteiger partial charge in [-0.15, -0.1) is 0 Å². The van der Waals surface area contributed by atoms with Crippen LogP contribution in [0.1, 0.15) is 25.3 Å². The van der Waals surface area contributed by atoms with Gasteiger partial charge < -0.3 is 19.7 Å². The molecular formula is C19H24N2O4. The number of fused-ring (bicyclic) bond motifs is 1. The number of likely N-dealkylation sites (tertiary alicyclic amines) is 1. The summed E-state index contributed by atoms with van der Waals surface area (Å²) < 4.78 is 11.2. The molecular weight excluding hydrogens is 320 g/mol. The maximum Gasteiger partial charge on any atom is 0.253 e. The summed E-state index contributed by atoms with van der Waals surface area (Å²) in [5.41, 5.74) is 1.50. The molecule has 3 rings (SSSR count). The Morgan fingerprint density at radius 3 is 2.76 bits per heavy atom. The molecule has 1 aromatic carbocycles. The lowest BCUT2D eigenvalue weighted by atomic mass is 9.95. The third-order valence-electron chi connectivity index (χ3n) is 4.68. The van der Waals surface area contributed by atoms with E-state index < -0.39 is 0 Å². The zero-order valence-corrected chi connectivity index (χ0v) is 14.7. The normalized spacial score (nSPS) is 17.2. The van der Waals surface area contributed by atoms with Crippen LogP contribution in [0, 0.1) is 5.92 Å². The zero-order chi connectivity index (χ0) is 17.8. The van der Waals surface area contributed by atoms with Gasteiger partial charge in [0.25, 0.3) is 5.91 Å². The number of ether oxygens (including phenoxy) is 2. The Kier molecular flexibility index (Phi) is 5.26. The van der Waals surface area contributed by atoms with Gasteiger partial charge in [0.15, 0.2) is 0 Å². The molecule has 1 N–H and O–H groups in total. The fraction of sp³-hybridized carbons (Fsp3) is 0.474. The second-order valence-corrected chi connectivity index (χ2v) is 6.27. The number of hydrogen-bond acceptors (Lipinski definition) is 4. The third kappa shape index (κ3) is 3.78. The van der Waals surface area contributed by atoms with Gasteiger partial charge in [-0.3, -0.25) is 9.59 Å². The first kappa shape index (κ1) is 17.3. The van der Waals surface area contributed by atoms with Crippen molar-refractivity contribution in [3.8, 4) is 11.5 Å². The van der Waals surface area contributed by atoms with Gasteiger partial charge in [-0.1, -0.05) is 0 Å². The average Bonchev–Trinajstić information content (AvgIpc) is 2.66. The molecule has 0 aliphatic carbocycles. The molecule has 0 aromatic heterocycles. The van der Waals surface area contributed by atoms with Crippen molar-refractivity contribution in [2.45, 2.75) is 19.8 Å². The van der Waals surface area contributed by atoms with Crippen LogP contribution in [0.2, 0.25) is 0 Å². The number of rotatable bonds is 4. The average molecular weight is 344 g/mol. The van der Waals surface area contributed by atoms with Gasteiger partial charge >= 0.3 is 0 Å². The van der Waals surface area contributed by atoms with Crippen molar-refractivity contribution in [2.24, 2.45) is 5.92 Å². The fourth-order valence-electron chi connectivity index (χ4n) is 3.29. The van der Waals surface area contributed by atoms with E-state index in [1.165, 1.54) is 0 Å². The van der Waals surface area contributed by atoms with Crippen LogP contribution in [0.3, 0.4) is 0 Å². The van der Waals surface area contributed by atoms with Gasteiger partial charge in [0, 0.05) is 31.6 Å². The summed E-state index contributed by atoms with van der Waals surface area (Å²) in [7, 11) is 1.65. The zero-order valence-electron chi connectivity index (χ0n) is 14.7. The second-order valence-electron chi connectivity index (χ2n) is 6.27. The van der Waals surface area contributed by atoms with E-state index in [4.69, 9.17) is 9.47 Å². The summed E-state index contributed by atoms with van der Waals surface area (Å²) in [4.78, 5) is 26.3. The summed E-state index contributed by atoms with van der Waals surface area (Å²) in [6.07, 6.45) is 3.28. The molecule has 0 unspecified atom stereocenters. The number of piperidine rings is 1. The van der Waals surface area contributed by atoms with E-state index in [-0.39, 0.29) is 24.3 Å². The van der Waals surface area contributed by atoms with Crippen LogP contribution < -0.4 is 14.8 Å². The van der Waals surface area contributed by atoms with Crippen molar-refractivity contribution in [2.75, 3.05) is 33.4 Å². The fourth-order valence-corrected chi connectivity index (χ4v) is 3.29. The van der Waals surface area contributed by atoms with Crippen LogP contribution in [0.25, 0.3) is 6.08 Å². The summed E-state index contributed by atoms with van der Waals surface area (Å²) in [6, 6.07) is 5.63. The first-order chi connectivity index (χ1) is 12.1. The van der Waals surface area contributed by atoms with Gasteiger partial charge in [-0.05, 0) is 44.0 Å². The van der Waals surface area contributed by atoms with E-state index in [1.807, 2.05) is 36.1 Å². The van der Waals surface area contributed by atoms with Crippen molar-refractivity contribution in [1.82, 2.24) is 10.2 Å². The van der Waals surface area contributed by atoms with Crippen LogP contribution in [0.15, 0.2) is 23.8 Å². The number of carbonyl (C=O) groups is 2. The highest BCUT2D eigenvalue weighted by Crippen LogP contribution is 2.31. The molecule has 0 spiro atoms. The molecule has 25 heavy (non-hydrogen) atoms. The third-order valence-corrected chi connectivity index (χ3v) is 4.68. The van der Waals surface area contributed by atoms with E-state index in [0.717, 1.165) is 17.1 Å². The monoisotopic (exact) mass is 344 g/mol. The summed E-state index contributed by atoms with van der Waals surface area (Å²) >= 11 is 0. The van der Waals surface area contributed by atoms with Crippen molar-refractivity contribution in [1.29, 1.82) is 0 Å². The molecule has 1 fully saturated rings. The molecule has 0 atom stereocenters. The first-order valence-electron chi connectivity index (χ1n) is 8.73. The summed E-state index contributed by atoms with van der Waals surface area (Å²) in [5.74, 6) is 1.58. The quantitative estimate of drug-likeness (QED) is 0.905. The molecule has 2 amide bonds. The number of hydrogen-bond donors (Lipinski definition) is 1. The Hall–Kier alpha value is -2.50. The van der Waals surface area contributed by atoms with Crippen molar-refractivity contribution in [3.63, 3.8) is 0 Å². The van der Waals surface area contributed by atoms with Crippen molar-refractivity contribution in [3.05, 3.63) is 29.3 Å².